The van der Waals surface area contributed by atoms with E-state index < -0.39 is 0 Å². The summed E-state index contributed by atoms with van der Waals surface area (Å²) in [5.74, 6) is 0.586. The van der Waals surface area contributed by atoms with Crippen LogP contribution in [0.15, 0.2) is 71.7 Å². The van der Waals surface area contributed by atoms with E-state index in [0.717, 1.165) is 43.9 Å². The first kappa shape index (κ1) is 24.6. The minimum atomic E-state index is -0.0934. The molecule has 4 aromatic rings. The van der Waals surface area contributed by atoms with Crippen LogP contribution in [0, 0.1) is 0 Å². The van der Waals surface area contributed by atoms with Crippen LogP contribution in [0.4, 0.5) is 0 Å². The number of benzene rings is 2. The Kier molecular flexibility index (Phi) is 7.19. The number of hydrogen-bond donors (Lipinski definition) is 1. The van der Waals surface area contributed by atoms with Crippen molar-refractivity contribution in [1.82, 2.24) is 19.4 Å². The van der Waals surface area contributed by atoms with Crippen molar-refractivity contribution in [2.45, 2.75) is 38.5 Å². The van der Waals surface area contributed by atoms with Crippen LogP contribution in [-0.4, -0.2) is 39.7 Å². The van der Waals surface area contributed by atoms with Crippen molar-refractivity contribution in [3.05, 3.63) is 94.0 Å². The van der Waals surface area contributed by atoms with Crippen molar-refractivity contribution in [1.29, 1.82) is 0 Å². The number of fused-ring (bicyclic) bond motifs is 3. The lowest BCUT2D eigenvalue weighted by Crippen LogP contribution is -2.40. The molecule has 0 radical (unpaired) electrons. The molecule has 0 bridgehead atoms. The molecule has 1 atom stereocenters. The highest BCUT2D eigenvalue weighted by Gasteiger charge is 2.25. The molecule has 1 N–H and O–H groups in total. The number of halogens is 1. The summed E-state index contributed by atoms with van der Waals surface area (Å²) in [7, 11) is 2.16. The van der Waals surface area contributed by atoms with Gasteiger partial charge in [-0.2, -0.15) is 0 Å². The predicted octanol–water partition coefficient (Wildman–Crippen LogP) is 4.44. The van der Waals surface area contributed by atoms with Crippen molar-refractivity contribution < 1.29 is 4.74 Å². The number of aromatic nitrogens is 2. The maximum Gasteiger partial charge on any atom is 0.258 e. The Hall–Kier alpha value is -3.06. The summed E-state index contributed by atoms with van der Waals surface area (Å²) >= 11 is 0. The third kappa shape index (κ3) is 4.81. The van der Waals surface area contributed by atoms with Crippen LogP contribution in [0.5, 0.6) is 5.75 Å². The van der Waals surface area contributed by atoms with Crippen LogP contribution >= 0.6 is 12.4 Å². The average Bonchev–Trinajstić information content (AvgIpc) is 3.49. The van der Waals surface area contributed by atoms with Gasteiger partial charge in [0, 0.05) is 62.5 Å². The Morgan fingerprint density at radius 3 is 2.72 bits per heavy atom. The molecule has 6 nitrogen and oxygen atoms in total. The molecule has 188 valence electrons. The summed E-state index contributed by atoms with van der Waals surface area (Å²) in [6.07, 6.45) is 5.45. The number of ether oxygens (including phenoxy) is 1. The summed E-state index contributed by atoms with van der Waals surface area (Å²) in [5.41, 5.74) is 5.91. The molecule has 0 spiro atoms. The summed E-state index contributed by atoms with van der Waals surface area (Å²) in [6, 6.07) is 20.4. The van der Waals surface area contributed by atoms with Crippen LogP contribution in [0.25, 0.3) is 16.6 Å². The highest BCUT2D eigenvalue weighted by molar-refractivity contribution is 5.87. The normalized spacial score (nSPS) is 17.6. The molecule has 2 aliphatic heterocycles. The van der Waals surface area contributed by atoms with E-state index in [1.54, 1.807) is 10.6 Å². The fourth-order valence-electron chi connectivity index (χ4n) is 5.65. The monoisotopic (exact) mass is 504 g/mol. The van der Waals surface area contributed by atoms with Crippen molar-refractivity contribution in [3.8, 4) is 11.4 Å². The third-order valence-corrected chi connectivity index (χ3v) is 7.53. The molecule has 2 aromatic heterocycles. The largest absolute Gasteiger partial charge is 0.489 e. The number of aryl methyl sites for hydroxylation is 1. The first-order valence-corrected chi connectivity index (χ1v) is 12.6. The zero-order valence-electron chi connectivity index (χ0n) is 20.7. The van der Waals surface area contributed by atoms with E-state index in [2.05, 4.69) is 40.0 Å². The van der Waals surface area contributed by atoms with Crippen molar-refractivity contribution in [3.63, 3.8) is 0 Å². The molecule has 0 unspecified atom stereocenters. The molecule has 2 aliphatic rings. The van der Waals surface area contributed by atoms with Crippen LogP contribution in [0.1, 0.15) is 29.7 Å². The number of nitrogens with one attached hydrogen (secondary N) is 1. The Morgan fingerprint density at radius 2 is 1.94 bits per heavy atom. The molecule has 6 rings (SSSR count). The third-order valence-electron chi connectivity index (χ3n) is 7.53. The first-order valence-electron chi connectivity index (χ1n) is 12.6. The van der Waals surface area contributed by atoms with Crippen molar-refractivity contribution in [2.24, 2.45) is 7.05 Å². The molecule has 0 aliphatic carbocycles. The molecule has 4 heterocycles. The van der Waals surface area contributed by atoms with E-state index in [9.17, 15) is 4.79 Å². The summed E-state index contributed by atoms with van der Waals surface area (Å²) in [5, 5.41) is 4.93. The second-order valence-electron chi connectivity index (χ2n) is 9.81. The van der Waals surface area contributed by atoms with Crippen LogP contribution in [-0.2, 0) is 26.6 Å². The van der Waals surface area contributed by atoms with Gasteiger partial charge in [0.25, 0.3) is 5.56 Å². The molecular weight excluding hydrogens is 472 g/mol. The van der Waals surface area contributed by atoms with E-state index in [0.29, 0.717) is 18.4 Å². The number of rotatable bonds is 6. The molecule has 2 aromatic carbocycles. The Morgan fingerprint density at radius 1 is 1.08 bits per heavy atom. The predicted molar refractivity (Wildman–Crippen MR) is 147 cm³/mol. The fraction of sp³-hybridized carbons (Fsp3) is 0.345. The second kappa shape index (κ2) is 10.5. The van der Waals surface area contributed by atoms with E-state index in [1.165, 1.54) is 35.0 Å². The van der Waals surface area contributed by atoms with Gasteiger partial charge >= 0.3 is 0 Å². The SMILES string of the molecule is Cl.Cn1c2c(c3ccc(-n4ccc(OCc5ccccc5)cc4=O)cc31)CN(C[C@@H]1CCCN1)CC2. The number of pyridine rings is 1. The van der Waals surface area contributed by atoms with Crippen LogP contribution in [0.2, 0.25) is 0 Å². The lowest BCUT2D eigenvalue weighted by Gasteiger charge is -2.30. The summed E-state index contributed by atoms with van der Waals surface area (Å²) in [4.78, 5) is 15.5. The van der Waals surface area contributed by atoms with Gasteiger partial charge in [-0.3, -0.25) is 14.3 Å². The second-order valence-corrected chi connectivity index (χ2v) is 9.81. The highest BCUT2D eigenvalue weighted by atomic mass is 35.5. The molecule has 7 heteroatoms. The Balaban J connectivity index is 0.00000267. The van der Waals surface area contributed by atoms with Gasteiger partial charge in [0.05, 0.1) is 11.2 Å². The van der Waals surface area contributed by atoms with Gasteiger partial charge in [0.2, 0.25) is 0 Å². The maximum absolute atomic E-state index is 12.9. The Bertz CT molecular complexity index is 1410. The quantitative estimate of drug-likeness (QED) is 0.422. The van der Waals surface area contributed by atoms with E-state index in [-0.39, 0.29) is 18.0 Å². The smallest absolute Gasteiger partial charge is 0.258 e. The van der Waals surface area contributed by atoms with Gasteiger partial charge in [-0.1, -0.05) is 36.4 Å². The standard InChI is InChI=1S/C29H32N4O2.ClH/c1-31-27-12-14-32(18-22-8-5-13-30-22)19-26(27)25-10-9-23(16-28(25)31)33-15-11-24(17-29(33)34)35-20-21-6-3-2-4-7-21;/h2-4,6-7,9-11,15-17,22,30H,5,8,12-14,18-20H2,1H3;1H/t22-;/m0./s1. The van der Waals surface area contributed by atoms with Gasteiger partial charge in [0.15, 0.2) is 0 Å². The molecule has 36 heavy (non-hydrogen) atoms. The van der Waals surface area contributed by atoms with Gasteiger partial charge in [-0.05, 0) is 48.7 Å². The maximum atomic E-state index is 12.9. The van der Waals surface area contributed by atoms with Crippen LogP contribution < -0.4 is 15.6 Å². The zero-order chi connectivity index (χ0) is 23.8. The van der Waals surface area contributed by atoms with Crippen molar-refractivity contribution >= 4 is 23.3 Å². The highest BCUT2D eigenvalue weighted by Crippen LogP contribution is 2.31. The van der Waals surface area contributed by atoms with Crippen molar-refractivity contribution in [2.75, 3.05) is 19.6 Å². The minimum Gasteiger partial charge on any atom is -0.489 e. The zero-order valence-corrected chi connectivity index (χ0v) is 21.5. The molecule has 0 saturated carbocycles. The minimum absolute atomic E-state index is 0. The molecule has 1 fully saturated rings. The van der Waals surface area contributed by atoms with Gasteiger partial charge in [-0.25, -0.2) is 0 Å². The topological polar surface area (TPSA) is 51.4 Å². The number of nitrogens with zero attached hydrogens (tertiary/aromatic N) is 3. The lowest BCUT2D eigenvalue weighted by molar-refractivity contribution is 0.230. The summed E-state index contributed by atoms with van der Waals surface area (Å²) < 4.78 is 9.85. The van der Waals surface area contributed by atoms with Crippen LogP contribution in [0.3, 0.4) is 0 Å². The summed E-state index contributed by atoms with van der Waals surface area (Å²) in [6.45, 7) is 4.82. The van der Waals surface area contributed by atoms with Gasteiger partial charge in [0.1, 0.15) is 12.4 Å². The van der Waals surface area contributed by atoms with E-state index in [1.807, 2.05) is 42.6 Å². The molecule has 1 saturated heterocycles. The molecular formula is C29H33ClN4O2. The average molecular weight is 505 g/mol. The van der Waals surface area contributed by atoms with Gasteiger partial charge < -0.3 is 14.6 Å². The first-order chi connectivity index (χ1) is 17.2. The fourth-order valence-corrected chi connectivity index (χ4v) is 5.65. The number of hydrogen-bond acceptors (Lipinski definition) is 4. The molecule has 0 amide bonds. The van der Waals surface area contributed by atoms with E-state index >= 15 is 0 Å². The van der Waals surface area contributed by atoms with Gasteiger partial charge in [-0.15, -0.1) is 12.4 Å². The Labute approximate surface area is 217 Å². The lowest BCUT2D eigenvalue weighted by atomic mass is 10.0. The van der Waals surface area contributed by atoms with E-state index in [4.69, 9.17) is 4.74 Å².